The lowest BCUT2D eigenvalue weighted by Crippen LogP contribution is -2.33. The van der Waals surface area contributed by atoms with Gasteiger partial charge in [0, 0.05) is 24.2 Å². The number of rotatable bonds is 13. The Bertz CT molecular complexity index is 1220. The fraction of sp³-hybridized carbons (Fsp3) is 0.310. The summed E-state index contributed by atoms with van der Waals surface area (Å²) in [4.78, 5) is 15.2. The lowest BCUT2D eigenvalue weighted by atomic mass is 9.99. The molecule has 2 atom stereocenters. The number of nitrogens with one attached hydrogen (secondary N) is 2. The number of nitrogens with zero attached hydrogens (tertiary/aromatic N) is 1. The maximum atomic E-state index is 10.6. The molecule has 2 aromatic carbocycles. The van der Waals surface area contributed by atoms with Gasteiger partial charge < -0.3 is 24.9 Å². The minimum absolute atomic E-state index is 0.119. The Hall–Kier alpha value is -3.84. The summed E-state index contributed by atoms with van der Waals surface area (Å²) >= 11 is 0. The lowest BCUT2D eigenvalue weighted by Gasteiger charge is -2.25. The Morgan fingerprint density at radius 1 is 1.11 bits per heavy atom. The van der Waals surface area contributed by atoms with Crippen molar-refractivity contribution in [3.63, 3.8) is 0 Å². The number of carboxylic acid groups (broad SMARTS) is 1. The molecule has 7 nitrogen and oxygen atoms in total. The predicted molar refractivity (Wildman–Crippen MR) is 142 cm³/mol. The summed E-state index contributed by atoms with van der Waals surface area (Å²) in [6.45, 7) is 6.00. The normalized spacial score (nSPS) is 12.8. The van der Waals surface area contributed by atoms with Gasteiger partial charge in [-0.3, -0.25) is 4.79 Å². The highest BCUT2D eigenvalue weighted by atomic mass is 16.5. The van der Waals surface area contributed by atoms with E-state index in [1.807, 2.05) is 66.7 Å². The third-order valence-electron chi connectivity index (χ3n) is 6.33. The van der Waals surface area contributed by atoms with Gasteiger partial charge in [0.1, 0.15) is 23.6 Å². The van der Waals surface area contributed by atoms with Crippen molar-refractivity contribution >= 4 is 22.6 Å². The summed E-state index contributed by atoms with van der Waals surface area (Å²) in [5.41, 5.74) is 3.75. The molecule has 36 heavy (non-hydrogen) atoms. The second-order valence-corrected chi connectivity index (χ2v) is 8.99. The molecule has 0 aliphatic carbocycles. The van der Waals surface area contributed by atoms with Gasteiger partial charge in [0.2, 0.25) is 0 Å². The molecule has 2 aromatic heterocycles. The van der Waals surface area contributed by atoms with Crippen molar-refractivity contribution in [1.82, 2.24) is 10.3 Å². The zero-order valence-electron chi connectivity index (χ0n) is 20.7. The summed E-state index contributed by atoms with van der Waals surface area (Å²) < 4.78 is 12.0. The number of carboxylic acids is 1. The van der Waals surface area contributed by atoms with Crippen molar-refractivity contribution in [2.45, 2.75) is 39.3 Å². The zero-order chi connectivity index (χ0) is 25.3. The maximum absolute atomic E-state index is 10.6. The number of ether oxygens (including phenoxy) is 1. The highest BCUT2D eigenvalue weighted by Crippen LogP contribution is 2.27. The van der Waals surface area contributed by atoms with Crippen LogP contribution in [0, 0.1) is 5.92 Å². The Kier molecular flexibility index (Phi) is 8.57. The van der Waals surface area contributed by atoms with Gasteiger partial charge in [0.25, 0.3) is 0 Å². The lowest BCUT2D eigenvalue weighted by molar-refractivity contribution is -0.136. The molecule has 0 aliphatic heterocycles. The van der Waals surface area contributed by atoms with Crippen LogP contribution in [0.4, 0.5) is 5.69 Å². The molecule has 0 spiro atoms. The van der Waals surface area contributed by atoms with Crippen LogP contribution < -0.4 is 15.4 Å². The van der Waals surface area contributed by atoms with Gasteiger partial charge in [-0.2, -0.15) is 0 Å². The van der Waals surface area contributed by atoms with Crippen LogP contribution in [0.5, 0.6) is 5.75 Å². The molecule has 0 fully saturated rings. The van der Waals surface area contributed by atoms with Crippen LogP contribution in [0.1, 0.15) is 32.3 Å². The number of furan rings is 1. The minimum Gasteiger partial charge on any atom is -0.490 e. The third kappa shape index (κ3) is 6.86. The van der Waals surface area contributed by atoms with Crippen LogP contribution in [0.25, 0.3) is 22.4 Å². The van der Waals surface area contributed by atoms with E-state index in [4.69, 9.17) is 14.3 Å². The van der Waals surface area contributed by atoms with Gasteiger partial charge >= 0.3 is 5.97 Å². The number of hydrogen-bond donors (Lipinski definition) is 3. The fourth-order valence-corrected chi connectivity index (χ4v) is 3.90. The summed E-state index contributed by atoms with van der Waals surface area (Å²) in [6, 6.07) is 22.1. The van der Waals surface area contributed by atoms with Crippen LogP contribution in [0.15, 0.2) is 77.3 Å². The summed E-state index contributed by atoms with van der Waals surface area (Å²) in [7, 11) is 0. The summed E-state index contributed by atoms with van der Waals surface area (Å²) in [5, 5.41) is 16.5. The minimum atomic E-state index is -0.793. The molecule has 0 saturated carbocycles. The maximum Gasteiger partial charge on any atom is 0.304 e. The number of benzene rings is 2. The molecule has 4 aromatic rings. The first kappa shape index (κ1) is 25.3. The second-order valence-electron chi connectivity index (χ2n) is 8.99. The van der Waals surface area contributed by atoms with Crippen molar-refractivity contribution in [3.05, 3.63) is 78.5 Å². The Morgan fingerprint density at radius 3 is 2.61 bits per heavy atom. The van der Waals surface area contributed by atoms with E-state index in [0.29, 0.717) is 31.4 Å². The van der Waals surface area contributed by atoms with E-state index in [1.54, 1.807) is 6.20 Å². The fourth-order valence-electron chi connectivity index (χ4n) is 3.90. The molecule has 0 saturated heterocycles. The standard InChI is InChI=1S/C29H33N3O4/c1-3-20(2)26(32-23-10-8-21(9-11-23)17-30-15-14-29(33)34)19-35-24-12-13-25(31-18-24)28-16-22-6-4-5-7-27(22)36-28/h4-13,16,18,20,26,30,32H,3,14-15,17,19H2,1-2H3,(H,33,34)/t20-,26+/m0/s1. The summed E-state index contributed by atoms with van der Waals surface area (Å²) in [6.07, 6.45) is 2.88. The van der Waals surface area contributed by atoms with Gasteiger partial charge in [-0.15, -0.1) is 0 Å². The van der Waals surface area contributed by atoms with Crippen molar-refractivity contribution < 1.29 is 19.1 Å². The average Bonchev–Trinajstić information content (AvgIpc) is 3.34. The number of fused-ring (bicyclic) bond motifs is 1. The number of para-hydroxylation sites is 1. The third-order valence-corrected chi connectivity index (χ3v) is 6.33. The first-order valence-corrected chi connectivity index (χ1v) is 12.4. The monoisotopic (exact) mass is 487 g/mol. The quantitative estimate of drug-likeness (QED) is 0.200. The van der Waals surface area contributed by atoms with Crippen molar-refractivity contribution in [1.29, 1.82) is 0 Å². The summed E-state index contributed by atoms with van der Waals surface area (Å²) in [5.74, 6) is 1.07. The average molecular weight is 488 g/mol. The van der Waals surface area contributed by atoms with E-state index < -0.39 is 5.97 Å². The molecule has 7 heteroatoms. The molecular weight excluding hydrogens is 454 g/mol. The Balaban J connectivity index is 1.33. The predicted octanol–water partition coefficient (Wildman–Crippen LogP) is 5.96. The van der Waals surface area contributed by atoms with Gasteiger partial charge in [-0.25, -0.2) is 4.98 Å². The van der Waals surface area contributed by atoms with Crippen molar-refractivity contribution in [2.75, 3.05) is 18.5 Å². The highest BCUT2D eigenvalue weighted by molar-refractivity contribution is 5.82. The van der Waals surface area contributed by atoms with Gasteiger partial charge in [-0.1, -0.05) is 50.6 Å². The zero-order valence-corrected chi connectivity index (χ0v) is 20.7. The number of aliphatic carboxylic acids is 1. The molecule has 0 radical (unpaired) electrons. The molecule has 0 aliphatic rings. The van der Waals surface area contributed by atoms with Gasteiger partial charge in [-0.05, 0) is 47.9 Å². The molecule has 188 valence electrons. The molecule has 2 heterocycles. The first-order valence-electron chi connectivity index (χ1n) is 12.4. The van der Waals surface area contributed by atoms with Crippen LogP contribution in [-0.4, -0.2) is 35.3 Å². The van der Waals surface area contributed by atoms with Crippen molar-refractivity contribution in [3.8, 4) is 17.2 Å². The van der Waals surface area contributed by atoms with Gasteiger partial charge in [0.15, 0.2) is 5.76 Å². The van der Waals surface area contributed by atoms with Crippen LogP contribution >= 0.6 is 0 Å². The molecule has 0 amide bonds. The van der Waals surface area contributed by atoms with Crippen LogP contribution in [0.3, 0.4) is 0 Å². The number of carbonyl (C=O) groups is 1. The van der Waals surface area contributed by atoms with E-state index in [0.717, 1.165) is 40.1 Å². The second kappa shape index (κ2) is 12.2. The van der Waals surface area contributed by atoms with E-state index in [-0.39, 0.29) is 12.5 Å². The van der Waals surface area contributed by atoms with Crippen LogP contribution in [0.2, 0.25) is 0 Å². The highest BCUT2D eigenvalue weighted by Gasteiger charge is 2.17. The molecule has 4 rings (SSSR count). The largest absolute Gasteiger partial charge is 0.490 e. The van der Waals surface area contributed by atoms with Crippen LogP contribution in [-0.2, 0) is 11.3 Å². The van der Waals surface area contributed by atoms with E-state index in [1.165, 1.54) is 0 Å². The number of hydrogen-bond acceptors (Lipinski definition) is 6. The Morgan fingerprint density at radius 2 is 1.92 bits per heavy atom. The SMILES string of the molecule is CC[C@H](C)[C@@H](COc1ccc(-c2cc3ccccc3o2)nc1)Nc1ccc(CNCCC(=O)O)cc1. The Labute approximate surface area is 211 Å². The van der Waals surface area contributed by atoms with E-state index in [2.05, 4.69) is 29.5 Å². The smallest absolute Gasteiger partial charge is 0.304 e. The first-order chi connectivity index (χ1) is 17.5. The van der Waals surface area contributed by atoms with Crippen molar-refractivity contribution in [2.24, 2.45) is 5.92 Å². The molecule has 3 N–H and O–H groups in total. The molecular formula is C29H33N3O4. The number of anilines is 1. The number of aromatic nitrogens is 1. The van der Waals surface area contributed by atoms with Gasteiger partial charge in [0.05, 0.1) is 18.7 Å². The topological polar surface area (TPSA) is 96.6 Å². The van der Waals surface area contributed by atoms with E-state index >= 15 is 0 Å². The molecule has 0 bridgehead atoms. The molecule has 0 unspecified atom stereocenters. The number of pyridine rings is 1. The van der Waals surface area contributed by atoms with E-state index in [9.17, 15) is 4.79 Å².